The maximum absolute atomic E-state index is 13.3. The van der Waals surface area contributed by atoms with Gasteiger partial charge in [0.1, 0.15) is 5.69 Å². The molecule has 1 fully saturated rings. The average Bonchev–Trinajstić information content (AvgIpc) is 3.30. The molecule has 29 heavy (non-hydrogen) atoms. The molecule has 1 aliphatic rings. The van der Waals surface area contributed by atoms with E-state index in [1.54, 1.807) is 29.1 Å². The van der Waals surface area contributed by atoms with Gasteiger partial charge in [0.05, 0.1) is 18.4 Å². The number of furan rings is 1. The normalized spacial score (nSPS) is 14.4. The summed E-state index contributed by atoms with van der Waals surface area (Å²) < 4.78 is 12.5. The Kier molecular flexibility index (Phi) is 5.49. The predicted octanol–water partition coefficient (Wildman–Crippen LogP) is 3.85. The van der Waals surface area contributed by atoms with Gasteiger partial charge in [0, 0.05) is 49.9 Å². The number of fused-ring (bicyclic) bond motifs is 1. The summed E-state index contributed by atoms with van der Waals surface area (Å²) >= 11 is 6.12. The Morgan fingerprint density at radius 2 is 1.86 bits per heavy atom. The number of ether oxygens (including phenoxy) is 1. The number of piperazine rings is 1. The lowest BCUT2D eigenvalue weighted by Crippen LogP contribution is -2.51. The zero-order valence-electron chi connectivity index (χ0n) is 16.1. The number of carbonyl (C=O) groups is 2. The molecule has 0 saturated carbocycles. The largest absolute Gasteiger partial charge is 0.463 e. The molecule has 1 saturated heterocycles. The SMILES string of the molecule is CCOC(=O)N1CCN(C(=O)c2cc3occc3n2Cc2cccc(Cl)c2)CC1. The highest BCUT2D eigenvalue weighted by Crippen LogP contribution is 2.25. The topological polar surface area (TPSA) is 67.9 Å². The Morgan fingerprint density at radius 3 is 2.59 bits per heavy atom. The minimum Gasteiger partial charge on any atom is -0.463 e. The van der Waals surface area contributed by atoms with Gasteiger partial charge < -0.3 is 23.5 Å². The standard InChI is InChI=1S/C21H22ClN3O4/c1-2-28-21(27)24-9-7-23(8-10-24)20(26)18-13-19-17(6-11-29-19)25(18)14-15-4-3-5-16(22)12-15/h3-6,11-13H,2,7-10,14H2,1H3. The molecule has 0 N–H and O–H groups in total. The van der Waals surface area contributed by atoms with E-state index in [2.05, 4.69) is 0 Å². The van der Waals surface area contributed by atoms with Crippen molar-refractivity contribution in [3.8, 4) is 0 Å². The summed E-state index contributed by atoms with van der Waals surface area (Å²) in [4.78, 5) is 28.5. The Hall–Kier alpha value is -2.93. The van der Waals surface area contributed by atoms with Crippen molar-refractivity contribution >= 4 is 34.7 Å². The number of nitrogens with zero attached hydrogens (tertiary/aromatic N) is 3. The summed E-state index contributed by atoms with van der Waals surface area (Å²) in [5.74, 6) is -0.0815. The molecule has 0 atom stereocenters. The van der Waals surface area contributed by atoms with Crippen LogP contribution in [0.3, 0.4) is 0 Å². The third-order valence-corrected chi connectivity index (χ3v) is 5.30. The monoisotopic (exact) mass is 415 g/mol. The number of aromatic nitrogens is 1. The van der Waals surface area contributed by atoms with Gasteiger partial charge in [0.2, 0.25) is 0 Å². The number of amides is 2. The first-order valence-corrected chi connectivity index (χ1v) is 9.96. The minimum absolute atomic E-state index is 0.0815. The van der Waals surface area contributed by atoms with Crippen molar-refractivity contribution in [1.82, 2.24) is 14.4 Å². The van der Waals surface area contributed by atoms with Crippen LogP contribution in [0.15, 0.2) is 47.1 Å². The van der Waals surface area contributed by atoms with Gasteiger partial charge >= 0.3 is 6.09 Å². The number of hydrogen-bond donors (Lipinski definition) is 0. The molecule has 2 aromatic heterocycles. The molecule has 2 amide bonds. The first-order valence-electron chi connectivity index (χ1n) is 9.59. The highest BCUT2D eigenvalue weighted by molar-refractivity contribution is 6.30. The summed E-state index contributed by atoms with van der Waals surface area (Å²) in [6.45, 7) is 4.46. The zero-order valence-corrected chi connectivity index (χ0v) is 16.9. The molecule has 3 aromatic rings. The van der Waals surface area contributed by atoms with Crippen LogP contribution in [-0.2, 0) is 11.3 Å². The molecule has 1 aliphatic heterocycles. The van der Waals surface area contributed by atoms with Gasteiger partial charge in [-0.15, -0.1) is 0 Å². The van der Waals surface area contributed by atoms with E-state index in [4.69, 9.17) is 20.8 Å². The average molecular weight is 416 g/mol. The Labute approximate surface area is 173 Å². The van der Waals surface area contributed by atoms with Crippen LogP contribution in [0.1, 0.15) is 23.0 Å². The van der Waals surface area contributed by atoms with Crippen molar-refractivity contribution in [3.63, 3.8) is 0 Å². The van der Waals surface area contributed by atoms with Gasteiger partial charge in [-0.2, -0.15) is 0 Å². The van der Waals surface area contributed by atoms with Gasteiger partial charge in [0.15, 0.2) is 5.58 Å². The number of halogens is 1. The maximum atomic E-state index is 13.3. The molecule has 0 bridgehead atoms. The van der Waals surface area contributed by atoms with Gasteiger partial charge in [-0.25, -0.2) is 4.79 Å². The maximum Gasteiger partial charge on any atom is 0.409 e. The van der Waals surface area contributed by atoms with Crippen molar-refractivity contribution in [2.45, 2.75) is 13.5 Å². The summed E-state index contributed by atoms with van der Waals surface area (Å²) in [5.41, 5.74) is 3.08. The fourth-order valence-electron chi connectivity index (χ4n) is 3.61. The minimum atomic E-state index is -0.332. The van der Waals surface area contributed by atoms with E-state index in [-0.39, 0.29) is 12.0 Å². The lowest BCUT2D eigenvalue weighted by atomic mass is 10.2. The van der Waals surface area contributed by atoms with E-state index in [9.17, 15) is 9.59 Å². The fraction of sp³-hybridized carbons (Fsp3) is 0.333. The van der Waals surface area contributed by atoms with Crippen LogP contribution in [-0.4, -0.2) is 59.2 Å². The molecular weight excluding hydrogens is 394 g/mol. The molecule has 4 rings (SSSR count). The summed E-state index contributed by atoms with van der Waals surface area (Å²) in [6, 6.07) is 11.2. The highest BCUT2D eigenvalue weighted by Gasteiger charge is 2.28. The van der Waals surface area contributed by atoms with Gasteiger partial charge in [-0.1, -0.05) is 23.7 Å². The van der Waals surface area contributed by atoms with E-state index in [1.807, 2.05) is 34.9 Å². The predicted molar refractivity (Wildman–Crippen MR) is 109 cm³/mol. The van der Waals surface area contributed by atoms with E-state index in [0.29, 0.717) is 55.6 Å². The number of rotatable bonds is 4. The van der Waals surface area contributed by atoms with Gasteiger partial charge in [-0.3, -0.25) is 4.79 Å². The van der Waals surface area contributed by atoms with Crippen LogP contribution < -0.4 is 0 Å². The van der Waals surface area contributed by atoms with Crippen LogP contribution >= 0.6 is 11.6 Å². The third-order valence-electron chi connectivity index (χ3n) is 5.06. The van der Waals surface area contributed by atoms with Crippen LogP contribution in [0.5, 0.6) is 0 Å². The number of carbonyl (C=O) groups excluding carboxylic acids is 2. The van der Waals surface area contributed by atoms with Crippen LogP contribution in [0.2, 0.25) is 5.02 Å². The summed E-state index contributed by atoms with van der Waals surface area (Å²) in [5, 5.41) is 0.654. The van der Waals surface area contributed by atoms with E-state index >= 15 is 0 Å². The van der Waals surface area contributed by atoms with Crippen molar-refractivity contribution in [2.24, 2.45) is 0 Å². The Balaban J connectivity index is 1.55. The smallest absolute Gasteiger partial charge is 0.409 e. The van der Waals surface area contributed by atoms with E-state index in [1.165, 1.54) is 0 Å². The molecule has 1 aromatic carbocycles. The Bertz CT molecular complexity index is 1030. The molecule has 0 spiro atoms. The molecule has 0 aliphatic carbocycles. The second-order valence-corrected chi connectivity index (χ2v) is 7.33. The highest BCUT2D eigenvalue weighted by atomic mass is 35.5. The van der Waals surface area contributed by atoms with Crippen LogP contribution in [0.25, 0.3) is 11.1 Å². The lowest BCUT2D eigenvalue weighted by Gasteiger charge is -2.34. The van der Waals surface area contributed by atoms with E-state index in [0.717, 1.165) is 11.1 Å². The quantitative estimate of drug-likeness (QED) is 0.649. The van der Waals surface area contributed by atoms with Gasteiger partial charge in [0.25, 0.3) is 5.91 Å². The second kappa shape index (κ2) is 8.21. The zero-order chi connectivity index (χ0) is 20.4. The lowest BCUT2D eigenvalue weighted by molar-refractivity contribution is 0.0563. The van der Waals surface area contributed by atoms with Crippen LogP contribution in [0.4, 0.5) is 4.79 Å². The summed E-state index contributed by atoms with van der Waals surface area (Å²) in [7, 11) is 0. The van der Waals surface area contributed by atoms with Crippen molar-refractivity contribution in [2.75, 3.05) is 32.8 Å². The van der Waals surface area contributed by atoms with Crippen molar-refractivity contribution < 1.29 is 18.7 Å². The number of hydrogen-bond acceptors (Lipinski definition) is 4. The fourth-order valence-corrected chi connectivity index (χ4v) is 3.82. The first kappa shape index (κ1) is 19.4. The molecule has 3 heterocycles. The molecule has 7 nitrogen and oxygen atoms in total. The van der Waals surface area contributed by atoms with Gasteiger partial charge in [-0.05, 0) is 24.6 Å². The second-order valence-electron chi connectivity index (χ2n) is 6.89. The third kappa shape index (κ3) is 3.96. The molecule has 8 heteroatoms. The number of benzene rings is 1. The molecule has 0 unspecified atom stereocenters. The molecule has 152 valence electrons. The van der Waals surface area contributed by atoms with E-state index < -0.39 is 0 Å². The summed E-state index contributed by atoms with van der Waals surface area (Å²) in [6.07, 6.45) is 1.28. The van der Waals surface area contributed by atoms with Crippen LogP contribution in [0, 0.1) is 0 Å². The van der Waals surface area contributed by atoms with Crippen molar-refractivity contribution in [3.05, 3.63) is 58.9 Å². The molecular formula is C21H22ClN3O4. The molecule has 0 radical (unpaired) electrons. The first-order chi connectivity index (χ1) is 14.1. The Morgan fingerprint density at radius 1 is 1.10 bits per heavy atom. The van der Waals surface area contributed by atoms with Crippen molar-refractivity contribution in [1.29, 1.82) is 0 Å².